The van der Waals surface area contributed by atoms with Crippen molar-refractivity contribution in [3.63, 3.8) is 0 Å². The number of nitrogens with one attached hydrogen (secondary N) is 2. The molecule has 3 aromatic rings. The van der Waals surface area contributed by atoms with E-state index in [0.29, 0.717) is 35.6 Å². The van der Waals surface area contributed by atoms with Crippen molar-refractivity contribution in [1.29, 1.82) is 0 Å². The van der Waals surface area contributed by atoms with Gasteiger partial charge in [-0.1, -0.05) is 57.2 Å². The molecule has 0 bridgehead atoms. The predicted octanol–water partition coefficient (Wildman–Crippen LogP) is 3.30. The SMILES string of the molecule is C=CC1C[C@]1(NC(=O)[C@@H]1C[C@@H](Oc2cc(-c3ccccc3)nc3cc(OC)ccc23)CN1C(=O)[C@@H](N)C(C)(C)C)C(=O)NS(=O)(=O)C1CC1. The Morgan fingerprint density at radius 1 is 1.12 bits per heavy atom. The molecule has 4 N–H and O–H groups in total. The van der Waals surface area contributed by atoms with E-state index in [9.17, 15) is 22.8 Å². The normalized spacial score (nSPS) is 24.2. The number of carbonyl (C=O) groups excluding carboxylic acids is 3. The zero-order valence-corrected chi connectivity index (χ0v) is 29.0. The van der Waals surface area contributed by atoms with Gasteiger partial charge in [0.2, 0.25) is 21.8 Å². The third-order valence-electron chi connectivity index (χ3n) is 9.64. The Morgan fingerprint density at radius 2 is 1.84 bits per heavy atom. The molecule has 3 amide bonds. The van der Waals surface area contributed by atoms with Crippen molar-refractivity contribution in [3.8, 4) is 22.8 Å². The summed E-state index contributed by atoms with van der Waals surface area (Å²) in [6.45, 7) is 9.36. The number of nitrogens with zero attached hydrogens (tertiary/aromatic N) is 2. The molecule has 3 fully saturated rings. The summed E-state index contributed by atoms with van der Waals surface area (Å²) in [5, 5.41) is 2.92. The second-order valence-electron chi connectivity index (χ2n) is 14.3. The van der Waals surface area contributed by atoms with E-state index in [4.69, 9.17) is 20.2 Å². The number of fused-ring (bicyclic) bond motifs is 1. The fourth-order valence-corrected chi connectivity index (χ4v) is 7.64. The number of aromatic nitrogens is 1. The Kier molecular flexibility index (Phi) is 8.95. The van der Waals surface area contributed by atoms with Crippen LogP contribution in [0.5, 0.6) is 11.5 Å². The Morgan fingerprint density at radius 3 is 2.45 bits per heavy atom. The van der Waals surface area contributed by atoms with Crippen LogP contribution < -0.4 is 25.2 Å². The molecule has 6 rings (SSSR count). The molecular formula is C36H43N5O7S. The van der Waals surface area contributed by atoms with Crippen LogP contribution in [0, 0.1) is 11.3 Å². The van der Waals surface area contributed by atoms with Crippen LogP contribution >= 0.6 is 0 Å². The molecule has 5 atom stereocenters. The lowest BCUT2D eigenvalue weighted by Crippen LogP contribution is -2.59. The van der Waals surface area contributed by atoms with Crippen molar-refractivity contribution in [2.24, 2.45) is 17.1 Å². The number of hydrogen-bond donors (Lipinski definition) is 3. The molecule has 2 aliphatic carbocycles. The zero-order chi connectivity index (χ0) is 35.3. The van der Waals surface area contributed by atoms with Crippen LogP contribution in [0.4, 0.5) is 0 Å². The van der Waals surface area contributed by atoms with E-state index in [1.807, 2.05) is 75.4 Å². The quantitative estimate of drug-likeness (QED) is 0.256. The first-order chi connectivity index (χ1) is 23.2. The highest BCUT2D eigenvalue weighted by atomic mass is 32.2. The fourth-order valence-electron chi connectivity index (χ4n) is 6.28. The van der Waals surface area contributed by atoms with Gasteiger partial charge in [0.15, 0.2) is 0 Å². The third-order valence-corrected chi connectivity index (χ3v) is 11.5. The van der Waals surface area contributed by atoms with Gasteiger partial charge in [-0.05, 0) is 36.8 Å². The van der Waals surface area contributed by atoms with E-state index < -0.39 is 68.1 Å². The first-order valence-corrected chi connectivity index (χ1v) is 18.0. The van der Waals surface area contributed by atoms with Crippen LogP contribution in [0.2, 0.25) is 0 Å². The van der Waals surface area contributed by atoms with Gasteiger partial charge in [-0.15, -0.1) is 6.58 Å². The molecule has 2 saturated carbocycles. The van der Waals surface area contributed by atoms with E-state index in [2.05, 4.69) is 16.6 Å². The summed E-state index contributed by atoms with van der Waals surface area (Å²) < 4.78 is 39.5. The number of benzene rings is 2. The summed E-state index contributed by atoms with van der Waals surface area (Å²) in [4.78, 5) is 47.6. The van der Waals surface area contributed by atoms with Gasteiger partial charge in [0.1, 0.15) is 29.2 Å². The number of carbonyl (C=O) groups is 3. The van der Waals surface area contributed by atoms with E-state index >= 15 is 0 Å². The third kappa shape index (κ3) is 6.86. The van der Waals surface area contributed by atoms with Crippen LogP contribution in [0.3, 0.4) is 0 Å². The monoisotopic (exact) mass is 689 g/mol. The van der Waals surface area contributed by atoms with Gasteiger partial charge in [0.05, 0.1) is 36.2 Å². The van der Waals surface area contributed by atoms with Crippen molar-refractivity contribution in [1.82, 2.24) is 19.9 Å². The molecule has 1 aliphatic heterocycles. The number of ether oxygens (including phenoxy) is 2. The lowest BCUT2D eigenvalue weighted by Gasteiger charge is -2.33. The second kappa shape index (κ2) is 12.8. The minimum absolute atomic E-state index is 0.0570. The van der Waals surface area contributed by atoms with Crippen LogP contribution in [0.1, 0.15) is 46.5 Å². The number of pyridine rings is 1. The predicted molar refractivity (Wildman–Crippen MR) is 185 cm³/mol. The minimum Gasteiger partial charge on any atom is -0.497 e. The molecular weight excluding hydrogens is 646 g/mol. The van der Waals surface area contributed by atoms with Crippen molar-refractivity contribution in [3.05, 3.63) is 67.3 Å². The van der Waals surface area contributed by atoms with Crippen LogP contribution in [-0.4, -0.2) is 78.7 Å². The summed E-state index contributed by atoms with van der Waals surface area (Å²) >= 11 is 0. The standard InChI is InChI=1S/C36H43N5O7S/c1-6-22-19-36(22,34(44)40-49(45,46)25-13-14-25)39-32(42)29-17-24(20-41(29)33(43)31(37)35(2,3)4)48-30-18-27(21-10-8-7-9-11-21)38-28-16-23(47-5)12-15-26(28)30/h6-12,15-16,18,22,24-25,29,31H,1,13-14,17,19-20,37H2,2-5H3,(H,39,42)(H,40,44)/t22?,24-,29+,31-,36-/m1/s1. The highest BCUT2D eigenvalue weighted by molar-refractivity contribution is 7.91. The average Bonchev–Trinajstić information content (AvgIpc) is 4.00. The van der Waals surface area contributed by atoms with Gasteiger partial charge in [0.25, 0.3) is 5.91 Å². The van der Waals surface area contributed by atoms with Crippen molar-refractivity contribution in [2.45, 2.75) is 75.4 Å². The van der Waals surface area contributed by atoms with Gasteiger partial charge in [0, 0.05) is 35.4 Å². The molecule has 3 aliphatic rings. The van der Waals surface area contributed by atoms with Crippen molar-refractivity contribution in [2.75, 3.05) is 13.7 Å². The molecule has 0 spiro atoms. The molecule has 13 heteroatoms. The largest absolute Gasteiger partial charge is 0.497 e. The topological polar surface area (TPSA) is 170 Å². The van der Waals surface area contributed by atoms with E-state index in [1.54, 1.807) is 7.11 Å². The molecule has 1 aromatic heterocycles. The smallest absolute Gasteiger partial charge is 0.259 e. The van der Waals surface area contributed by atoms with Crippen LogP contribution in [0.25, 0.3) is 22.2 Å². The number of methoxy groups -OCH3 is 1. The molecule has 49 heavy (non-hydrogen) atoms. The summed E-state index contributed by atoms with van der Waals surface area (Å²) in [5.74, 6) is -1.17. The lowest BCUT2D eigenvalue weighted by molar-refractivity contribution is -0.142. The first kappa shape index (κ1) is 34.4. The van der Waals surface area contributed by atoms with Gasteiger partial charge in [-0.3, -0.25) is 19.1 Å². The fraction of sp³-hybridized carbons (Fsp3) is 0.444. The van der Waals surface area contributed by atoms with E-state index in [1.165, 1.54) is 11.0 Å². The Bertz CT molecular complexity index is 1910. The molecule has 2 aromatic carbocycles. The van der Waals surface area contributed by atoms with Gasteiger partial charge >= 0.3 is 0 Å². The molecule has 260 valence electrons. The Labute approximate surface area is 286 Å². The summed E-state index contributed by atoms with van der Waals surface area (Å²) in [5.41, 5.74) is 6.52. The maximum atomic E-state index is 14.1. The number of amides is 3. The first-order valence-electron chi connectivity index (χ1n) is 16.4. The summed E-state index contributed by atoms with van der Waals surface area (Å²) in [6, 6.07) is 15.0. The molecule has 1 unspecified atom stereocenters. The lowest BCUT2D eigenvalue weighted by atomic mass is 9.86. The van der Waals surface area contributed by atoms with Crippen molar-refractivity contribution < 1.29 is 32.3 Å². The molecule has 1 saturated heterocycles. The number of likely N-dealkylation sites (tertiary alicyclic amines) is 1. The number of sulfonamides is 1. The van der Waals surface area contributed by atoms with Gasteiger partial charge < -0.3 is 25.4 Å². The zero-order valence-electron chi connectivity index (χ0n) is 28.1. The molecule has 2 heterocycles. The summed E-state index contributed by atoms with van der Waals surface area (Å²) in [6.07, 6.45) is 2.15. The van der Waals surface area contributed by atoms with E-state index in [0.717, 1.165) is 10.9 Å². The Hall–Kier alpha value is -4.49. The second-order valence-corrected chi connectivity index (χ2v) is 16.2. The number of rotatable bonds is 11. The Balaban J connectivity index is 1.31. The number of hydrogen-bond acceptors (Lipinski definition) is 9. The van der Waals surface area contributed by atoms with Gasteiger partial charge in [-0.2, -0.15) is 0 Å². The summed E-state index contributed by atoms with van der Waals surface area (Å²) in [7, 11) is -2.28. The highest BCUT2D eigenvalue weighted by Crippen LogP contribution is 2.45. The molecule has 0 radical (unpaired) electrons. The van der Waals surface area contributed by atoms with Gasteiger partial charge in [-0.25, -0.2) is 13.4 Å². The highest BCUT2D eigenvalue weighted by Gasteiger charge is 2.62. The molecule has 12 nitrogen and oxygen atoms in total. The van der Waals surface area contributed by atoms with E-state index in [-0.39, 0.29) is 19.4 Å². The van der Waals surface area contributed by atoms with Crippen LogP contribution in [-0.2, 0) is 24.4 Å². The van der Waals surface area contributed by atoms with Crippen LogP contribution in [0.15, 0.2) is 67.3 Å². The number of nitrogens with two attached hydrogens (primary N) is 1. The maximum Gasteiger partial charge on any atom is 0.259 e. The van der Waals surface area contributed by atoms with Crippen molar-refractivity contribution >= 4 is 38.6 Å². The maximum absolute atomic E-state index is 14.1. The minimum atomic E-state index is -3.86. The average molecular weight is 690 g/mol.